The summed E-state index contributed by atoms with van der Waals surface area (Å²) in [7, 11) is 0. The molecule has 0 aliphatic rings. The monoisotopic (exact) mass is 314 g/mol. The van der Waals surface area contributed by atoms with Gasteiger partial charge in [0.25, 0.3) is 0 Å². The van der Waals surface area contributed by atoms with Gasteiger partial charge >= 0.3 is 5.97 Å². The van der Waals surface area contributed by atoms with Crippen LogP contribution < -0.4 is 5.32 Å². The maximum Gasteiger partial charge on any atom is 0.328 e. The summed E-state index contributed by atoms with van der Waals surface area (Å²) in [4.78, 5) is 26.8. The number of aromatic nitrogens is 1. The van der Waals surface area contributed by atoms with E-state index < -0.39 is 12.0 Å². The van der Waals surface area contributed by atoms with E-state index in [1.807, 2.05) is 6.07 Å². The lowest BCUT2D eigenvalue weighted by molar-refractivity contribution is -0.147. The second-order valence-electron chi connectivity index (χ2n) is 3.70. The quantitative estimate of drug-likeness (QED) is 0.660. The molecule has 1 unspecified atom stereocenters. The minimum absolute atomic E-state index is 0.266. The summed E-state index contributed by atoms with van der Waals surface area (Å²) in [6, 6.07) is 2.95. The zero-order valence-corrected chi connectivity index (χ0v) is 11.9. The second kappa shape index (κ2) is 7.10. The minimum atomic E-state index is -0.676. The van der Waals surface area contributed by atoms with E-state index in [-0.39, 0.29) is 12.5 Å². The van der Waals surface area contributed by atoms with Gasteiger partial charge in [-0.1, -0.05) is 6.07 Å². The second-order valence-corrected chi connectivity index (χ2v) is 4.51. The van der Waals surface area contributed by atoms with E-state index in [0.717, 1.165) is 10.2 Å². The van der Waals surface area contributed by atoms with Crippen molar-refractivity contribution in [1.29, 1.82) is 0 Å². The first kappa shape index (κ1) is 14.6. The Kier molecular flexibility index (Phi) is 5.77. The van der Waals surface area contributed by atoms with Crippen molar-refractivity contribution < 1.29 is 14.3 Å². The van der Waals surface area contributed by atoms with Gasteiger partial charge in [-0.05, 0) is 34.5 Å². The molecule has 1 aromatic heterocycles. The Morgan fingerprint density at radius 3 is 2.72 bits per heavy atom. The highest BCUT2D eigenvalue weighted by Gasteiger charge is 2.21. The highest BCUT2D eigenvalue weighted by Crippen LogP contribution is 2.09. The predicted octanol–water partition coefficient (Wildman–Crippen LogP) is 1.45. The van der Waals surface area contributed by atoms with Crippen LogP contribution in [-0.4, -0.2) is 29.5 Å². The molecule has 0 aromatic carbocycles. The van der Waals surface area contributed by atoms with Crippen LogP contribution in [0.3, 0.4) is 0 Å². The van der Waals surface area contributed by atoms with Gasteiger partial charge in [-0.15, -0.1) is 0 Å². The van der Waals surface area contributed by atoms with Crippen molar-refractivity contribution in [1.82, 2.24) is 10.3 Å². The smallest absolute Gasteiger partial charge is 0.328 e. The number of esters is 1. The van der Waals surface area contributed by atoms with Crippen LogP contribution in [0.2, 0.25) is 0 Å². The Hall–Kier alpha value is -1.43. The number of carbonyl (C=O) groups is 2. The Balaban J connectivity index is 2.74. The van der Waals surface area contributed by atoms with Crippen molar-refractivity contribution >= 4 is 27.8 Å². The SMILES string of the molecule is CCOC(=O)C(Cc1ccc(Br)nc1)NC(C)=O. The van der Waals surface area contributed by atoms with Gasteiger partial charge in [-0.25, -0.2) is 9.78 Å². The number of halogens is 1. The first-order valence-electron chi connectivity index (χ1n) is 5.57. The predicted molar refractivity (Wildman–Crippen MR) is 69.9 cm³/mol. The Morgan fingerprint density at radius 1 is 1.50 bits per heavy atom. The Morgan fingerprint density at radius 2 is 2.22 bits per heavy atom. The van der Waals surface area contributed by atoms with Gasteiger partial charge < -0.3 is 10.1 Å². The number of hydrogen-bond donors (Lipinski definition) is 1. The topological polar surface area (TPSA) is 68.3 Å². The van der Waals surface area contributed by atoms with Gasteiger partial charge in [0.2, 0.25) is 5.91 Å². The van der Waals surface area contributed by atoms with Gasteiger partial charge in [-0.2, -0.15) is 0 Å². The average molecular weight is 315 g/mol. The van der Waals surface area contributed by atoms with E-state index in [0.29, 0.717) is 6.42 Å². The van der Waals surface area contributed by atoms with Gasteiger partial charge in [-0.3, -0.25) is 4.79 Å². The third kappa shape index (κ3) is 4.83. The fraction of sp³-hybridized carbons (Fsp3) is 0.417. The Bertz CT molecular complexity index is 420. The highest BCUT2D eigenvalue weighted by atomic mass is 79.9. The molecule has 0 aliphatic carbocycles. The summed E-state index contributed by atoms with van der Waals surface area (Å²) in [5.41, 5.74) is 0.852. The molecule has 0 saturated carbocycles. The summed E-state index contributed by atoms with van der Waals surface area (Å²) in [6.45, 7) is 3.38. The van der Waals surface area contributed by atoms with Crippen molar-refractivity contribution in [3.05, 3.63) is 28.5 Å². The summed E-state index contributed by atoms with van der Waals surface area (Å²) in [5, 5.41) is 2.57. The van der Waals surface area contributed by atoms with E-state index in [4.69, 9.17) is 4.74 Å². The number of amides is 1. The normalized spacial score (nSPS) is 11.7. The molecule has 1 heterocycles. The van der Waals surface area contributed by atoms with Crippen LogP contribution in [0.15, 0.2) is 22.9 Å². The molecule has 18 heavy (non-hydrogen) atoms. The largest absolute Gasteiger partial charge is 0.464 e. The first-order chi connectivity index (χ1) is 8.52. The third-order valence-corrected chi connectivity index (χ3v) is 2.65. The average Bonchev–Trinajstić information content (AvgIpc) is 2.31. The molecular formula is C12H15BrN2O3. The van der Waals surface area contributed by atoms with Crippen LogP contribution in [0.4, 0.5) is 0 Å². The lowest BCUT2D eigenvalue weighted by Crippen LogP contribution is -2.42. The van der Waals surface area contributed by atoms with Crippen LogP contribution in [0.1, 0.15) is 19.4 Å². The van der Waals surface area contributed by atoms with Gasteiger partial charge in [0.05, 0.1) is 6.61 Å². The maximum atomic E-state index is 11.7. The van der Waals surface area contributed by atoms with Crippen LogP contribution in [0.25, 0.3) is 0 Å². The molecule has 1 N–H and O–H groups in total. The van der Waals surface area contributed by atoms with Crippen molar-refractivity contribution in [3.63, 3.8) is 0 Å². The number of pyridine rings is 1. The maximum absolute atomic E-state index is 11.7. The van der Waals surface area contributed by atoms with Crippen LogP contribution in [-0.2, 0) is 20.7 Å². The lowest BCUT2D eigenvalue weighted by Gasteiger charge is -2.16. The molecule has 0 spiro atoms. The first-order valence-corrected chi connectivity index (χ1v) is 6.36. The fourth-order valence-electron chi connectivity index (χ4n) is 1.44. The number of hydrogen-bond acceptors (Lipinski definition) is 4. The van der Waals surface area contributed by atoms with Crippen LogP contribution >= 0.6 is 15.9 Å². The van der Waals surface area contributed by atoms with E-state index in [2.05, 4.69) is 26.2 Å². The molecule has 0 saturated heterocycles. The molecular weight excluding hydrogens is 300 g/mol. The summed E-state index contributed by atoms with van der Waals surface area (Å²) in [6.07, 6.45) is 2.01. The molecule has 98 valence electrons. The zero-order chi connectivity index (χ0) is 13.5. The van der Waals surface area contributed by atoms with Crippen LogP contribution in [0.5, 0.6) is 0 Å². The molecule has 0 radical (unpaired) electrons. The molecule has 1 atom stereocenters. The van der Waals surface area contributed by atoms with E-state index in [1.54, 1.807) is 19.2 Å². The van der Waals surface area contributed by atoms with Gasteiger partial charge in [0.15, 0.2) is 0 Å². The highest BCUT2D eigenvalue weighted by molar-refractivity contribution is 9.10. The van der Waals surface area contributed by atoms with Crippen molar-refractivity contribution in [2.45, 2.75) is 26.3 Å². The van der Waals surface area contributed by atoms with Crippen molar-refractivity contribution in [3.8, 4) is 0 Å². The van der Waals surface area contributed by atoms with E-state index in [9.17, 15) is 9.59 Å². The number of carbonyl (C=O) groups excluding carboxylic acids is 2. The molecule has 1 amide bonds. The zero-order valence-electron chi connectivity index (χ0n) is 10.3. The molecule has 6 heteroatoms. The molecule has 0 aliphatic heterocycles. The third-order valence-electron chi connectivity index (χ3n) is 2.18. The standard InChI is InChI=1S/C12H15BrN2O3/c1-3-18-12(17)10(15-8(2)16)6-9-4-5-11(13)14-7-9/h4-5,7,10H,3,6H2,1-2H3,(H,15,16). The number of nitrogens with zero attached hydrogens (tertiary/aromatic N) is 1. The van der Waals surface area contributed by atoms with E-state index >= 15 is 0 Å². The molecule has 0 fully saturated rings. The van der Waals surface area contributed by atoms with Gasteiger partial charge in [0.1, 0.15) is 10.6 Å². The molecule has 5 nitrogen and oxygen atoms in total. The van der Waals surface area contributed by atoms with Crippen LogP contribution in [0, 0.1) is 0 Å². The molecule has 1 rings (SSSR count). The fourth-order valence-corrected chi connectivity index (χ4v) is 1.68. The lowest BCUT2D eigenvalue weighted by atomic mass is 10.1. The van der Waals surface area contributed by atoms with Crippen molar-refractivity contribution in [2.24, 2.45) is 0 Å². The minimum Gasteiger partial charge on any atom is -0.464 e. The molecule has 1 aromatic rings. The summed E-state index contributed by atoms with van der Waals surface area (Å²) >= 11 is 3.23. The Labute approximate surface area is 114 Å². The number of ether oxygens (including phenoxy) is 1. The summed E-state index contributed by atoms with van der Waals surface area (Å²) in [5.74, 6) is -0.700. The van der Waals surface area contributed by atoms with E-state index in [1.165, 1.54) is 6.92 Å². The number of nitrogens with one attached hydrogen (secondary N) is 1. The van der Waals surface area contributed by atoms with Crippen molar-refractivity contribution in [2.75, 3.05) is 6.61 Å². The number of rotatable bonds is 5. The van der Waals surface area contributed by atoms with Gasteiger partial charge in [0, 0.05) is 19.5 Å². The molecule has 0 bridgehead atoms. The summed E-state index contributed by atoms with van der Waals surface area (Å²) < 4.78 is 5.64.